The van der Waals surface area contributed by atoms with Crippen molar-refractivity contribution in [3.63, 3.8) is 0 Å². The van der Waals surface area contributed by atoms with Crippen LogP contribution in [0.1, 0.15) is 36.2 Å². The Kier molecular flexibility index (Phi) is 2.52. The molecule has 0 bridgehead atoms. The minimum atomic E-state index is 0.386. The standard InChI is InChI=1S/C13H17N3O/c1-8-6-10(9(2)17-8)12-7-15-13(16-12)11-4-3-5-14-11/h6-7,11,14H,3-5H2,1-2H3,(H,15,16). The summed E-state index contributed by atoms with van der Waals surface area (Å²) in [6.45, 7) is 5.04. The van der Waals surface area contributed by atoms with Gasteiger partial charge in [0.1, 0.15) is 17.3 Å². The number of aromatic amines is 1. The minimum Gasteiger partial charge on any atom is -0.466 e. The van der Waals surface area contributed by atoms with E-state index < -0.39 is 0 Å². The van der Waals surface area contributed by atoms with Crippen molar-refractivity contribution in [2.75, 3.05) is 6.54 Å². The van der Waals surface area contributed by atoms with Crippen LogP contribution in [0.4, 0.5) is 0 Å². The number of nitrogens with zero attached hydrogens (tertiary/aromatic N) is 1. The third-order valence-corrected chi connectivity index (χ3v) is 3.32. The Bertz CT molecular complexity index is 521. The quantitative estimate of drug-likeness (QED) is 0.835. The molecule has 1 fully saturated rings. The maximum Gasteiger partial charge on any atom is 0.123 e. The number of furan rings is 1. The number of hydrogen-bond donors (Lipinski definition) is 2. The van der Waals surface area contributed by atoms with Gasteiger partial charge in [-0.1, -0.05) is 0 Å². The van der Waals surface area contributed by atoms with E-state index in [0.29, 0.717) is 6.04 Å². The predicted octanol–water partition coefficient (Wildman–Crippen LogP) is 2.71. The Balaban J connectivity index is 1.91. The number of H-pyrrole nitrogens is 1. The molecule has 0 aromatic carbocycles. The maximum absolute atomic E-state index is 5.54. The molecule has 4 heteroatoms. The highest BCUT2D eigenvalue weighted by Gasteiger charge is 2.20. The molecular formula is C13H17N3O. The molecule has 1 aliphatic heterocycles. The molecule has 2 N–H and O–H groups in total. The fraction of sp³-hybridized carbons (Fsp3) is 0.462. The van der Waals surface area contributed by atoms with Gasteiger partial charge in [-0.3, -0.25) is 0 Å². The summed E-state index contributed by atoms with van der Waals surface area (Å²) in [5, 5.41) is 3.44. The normalized spacial score (nSPS) is 20.0. The van der Waals surface area contributed by atoms with Crippen molar-refractivity contribution in [1.29, 1.82) is 0 Å². The zero-order chi connectivity index (χ0) is 11.8. The van der Waals surface area contributed by atoms with Crippen molar-refractivity contribution in [2.24, 2.45) is 0 Å². The van der Waals surface area contributed by atoms with Crippen molar-refractivity contribution in [3.05, 3.63) is 29.6 Å². The van der Waals surface area contributed by atoms with Crippen LogP contribution in [0.15, 0.2) is 16.7 Å². The number of imidazole rings is 1. The highest BCUT2D eigenvalue weighted by atomic mass is 16.3. The largest absolute Gasteiger partial charge is 0.466 e. The van der Waals surface area contributed by atoms with E-state index in [1.165, 1.54) is 6.42 Å². The first-order chi connectivity index (χ1) is 8.24. The van der Waals surface area contributed by atoms with Crippen molar-refractivity contribution < 1.29 is 4.42 Å². The number of aromatic nitrogens is 2. The van der Waals surface area contributed by atoms with Crippen LogP contribution in [0, 0.1) is 13.8 Å². The molecule has 4 nitrogen and oxygen atoms in total. The smallest absolute Gasteiger partial charge is 0.123 e. The zero-order valence-corrected chi connectivity index (χ0v) is 10.2. The van der Waals surface area contributed by atoms with Crippen LogP contribution < -0.4 is 5.32 Å². The van der Waals surface area contributed by atoms with E-state index in [4.69, 9.17) is 4.42 Å². The first-order valence-corrected chi connectivity index (χ1v) is 6.10. The van der Waals surface area contributed by atoms with Gasteiger partial charge in [0.05, 0.1) is 17.9 Å². The Hall–Kier alpha value is -1.55. The molecule has 1 atom stereocenters. The third kappa shape index (κ3) is 1.89. The molecule has 1 saturated heterocycles. The van der Waals surface area contributed by atoms with E-state index in [-0.39, 0.29) is 0 Å². The summed E-state index contributed by atoms with van der Waals surface area (Å²) in [4.78, 5) is 7.86. The van der Waals surface area contributed by atoms with E-state index in [1.807, 2.05) is 20.0 Å². The third-order valence-electron chi connectivity index (χ3n) is 3.32. The second-order valence-corrected chi connectivity index (χ2v) is 4.66. The van der Waals surface area contributed by atoms with Crippen LogP contribution in [-0.2, 0) is 0 Å². The Labute approximate surface area is 100 Å². The summed E-state index contributed by atoms with van der Waals surface area (Å²) in [7, 11) is 0. The number of aryl methyl sites for hydroxylation is 2. The van der Waals surface area contributed by atoms with Crippen LogP contribution in [0.5, 0.6) is 0 Å². The second-order valence-electron chi connectivity index (χ2n) is 4.66. The molecule has 1 aliphatic rings. The van der Waals surface area contributed by atoms with Crippen molar-refractivity contribution >= 4 is 0 Å². The minimum absolute atomic E-state index is 0.386. The lowest BCUT2D eigenvalue weighted by atomic mass is 10.2. The van der Waals surface area contributed by atoms with Gasteiger partial charge in [0.2, 0.25) is 0 Å². The molecule has 90 valence electrons. The van der Waals surface area contributed by atoms with Gasteiger partial charge in [0.25, 0.3) is 0 Å². The monoisotopic (exact) mass is 231 g/mol. The molecule has 1 unspecified atom stereocenters. The van der Waals surface area contributed by atoms with E-state index in [1.54, 1.807) is 0 Å². The Morgan fingerprint density at radius 3 is 2.94 bits per heavy atom. The topological polar surface area (TPSA) is 53.9 Å². The van der Waals surface area contributed by atoms with Crippen LogP contribution in [-0.4, -0.2) is 16.5 Å². The Morgan fingerprint density at radius 2 is 2.29 bits per heavy atom. The molecule has 2 aromatic rings. The number of nitrogens with one attached hydrogen (secondary N) is 2. The van der Waals surface area contributed by atoms with Crippen LogP contribution in [0.25, 0.3) is 11.3 Å². The van der Waals surface area contributed by atoms with E-state index in [9.17, 15) is 0 Å². The van der Waals surface area contributed by atoms with Crippen molar-refractivity contribution in [2.45, 2.75) is 32.7 Å². The van der Waals surface area contributed by atoms with E-state index in [0.717, 1.165) is 41.6 Å². The summed E-state index contributed by atoms with van der Waals surface area (Å²) in [5.74, 6) is 2.92. The lowest BCUT2D eigenvalue weighted by Gasteiger charge is -2.05. The average Bonchev–Trinajstić information content (AvgIpc) is 2.97. The van der Waals surface area contributed by atoms with Gasteiger partial charge in [-0.25, -0.2) is 4.98 Å². The van der Waals surface area contributed by atoms with Gasteiger partial charge in [-0.05, 0) is 39.3 Å². The lowest BCUT2D eigenvalue weighted by molar-refractivity contribution is 0.505. The zero-order valence-electron chi connectivity index (χ0n) is 10.2. The van der Waals surface area contributed by atoms with Gasteiger partial charge < -0.3 is 14.7 Å². The molecule has 2 aromatic heterocycles. The first-order valence-electron chi connectivity index (χ1n) is 6.10. The van der Waals surface area contributed by atoms with Gasteiger partial charge in [-0.2, -0.15) is 0 Å². The van der Waals surface area contributed by atoms with Crippen LogP contribution in [0.3, 0.4) is 0 Å². The first kappa shape index (κ1) is 10.6. The van der Waals surface area contributed by atoms with E-state index in [2.05, 4.69) is 21.4 Å². The maximum atomic E-state index is 5.54. The van der Waals surface area contributed by atoms with Crippen molar-refractivity contribution in [3.8, 4) is 11.3 Å². The molecule has 0 saturated carbocycles. The summed E-state index contributed by atoms with van der Waals surface area (Å²) in [6.07, 6.45) is 4.29. The number of hydrogen-bond acceptors (Lipinski definition) is 3. The number of rotatable bonds is 2. The molecule has 3 heterocycles. The predicted molar refractivity (Wildman–Crippen MR) is 65.7 cm³/mol. The molecule has 17 heavy (non-hydrogen) atoms. The molecular weight excluding hydrogens is 214 g/mol. The summed E-state index contributed by atoms with van der Waals surface area (Å²) in [6, 6.07) is 2.44. The van der Waals surface area contributed by atoms with Gasteiger partial charge in [0, 0.05) is 5.56 Å². The highest BCUT2D eigenvalue weighted by molar-refractivity contribution is 5.61. The van der Waals surface area contributed by atoms with Crippen LogP contribution in [0.2, 0.25) is 0 Å². The van der Waals surface area contributed by atoms with Gasteiger partial charge in [0.15, 0.2) is 0 Å². The average molecular weight is 231 g/mol. The summed E-state index contributed by atoms with van der Waals surface area (Å²) in [5.41, 5.74) is 2.15. The lowest BCUT2D eigenvalue weighted by Crippen LogP contribution is -2.14. The van der Waals surface area contributed by atoms with Crippen molar-refractivity contribution in [1.82, 2.24) is 15.3 Å². The molecule has 0 spiro atoms. The SMILES string of the molecule is Cc1cc(-c2cnc(C3CCCN3)[nH]2)c(C)o1. The summed E-state index contributed by atoms with van der Waals surface area (Å²) >= 11 is 0. The fourth-order valence-corrected chi connectivity index (χ4v) is 2.47. The fourth-order valence-electron chi connectivity index (χ4n) is 2.47. The molecule has 3 rings (SSSR count). The molecule has 0 amide bonds. The van der Waals surface area contributed by atoms with E-state index >= 15 is 0 Å². The Morgan fingerprint density at radius 1 is 1.41 bits per heavy atom. The second kappa shape index (κ2) is 4.04. The van der Waals surface area contributed by atoms with Gasteiger partial charge in [-0.15, -0.1) is 0 Å². The molecule has 0 aliphatic carbocycles. The van der Waals surface area contributed by atoms with Gasteiger partial charge >= 0.3 is 0 Å². The summed E-state index contributed by atoms with van der Waals surface area (Å²) < 4.78 is 5.54. The van der Waals surface area contributed by atoms with Crippen LogP contribution >= 0.6 is 0 Å². The molecule has 0 radical (unpaired) electrons. The highest BCUT2D eigenvalue weighted by Crippen LogP contribution is 2.27.